The summed E-state index contributed by atoms with van der Waals surface area (Å²) in [5.74, 6) is -2.41. The minimum atomic E-state index is -0.951. The van der Waals surface area contributed by atoms with Crippen LogP contribution >= 0.6 is 0 Å². The van der Waals surface area contributed by atoms with Crippen molar-refractivity contribution >= 4 is 34.8 Å². The van der Waals surface area contributed by atoms with Crippen LogP contribution < -0.4 is 16.0 Å². The van der Waals surface area contributed by atoms with Crippen LogP contribution in [0.15, 0.2) is 42.5 Å². The molecule has 3 N–H and O–H groups in total. The van der Waals surface area contributed by atoms with Crippen molar-refractivity contribution in [3.05, 3.63) is 63.7 Å². The van der Waals surface area contributed by atoms with Gasteiger partial charge in [0.05, 0.1) is 11.5 Å². The SMILES string of the molecule is Cc1cc(C)cc(NC(=O)C(=O)NCC(=O)Nc2ccc([N+](=O)[O-])cc2)c1. The predicted octanol–water partition coefficient (Wildman–Crippen LogP) is 1.91. The average Bonchev–Trinajstić information content (AvgIpc) is 2.59. The number of carbonyl (C=O) groups is 3. The fourth-order valence-corrected chi connectivity index (χ4v) is 2.35. The molecule has 0 aliphatic rings. The third-order valence-corrected chi connectivity index (χ3v) is 3.46. The van der Waals surface area contributed by atoms with Crippen LogP contribution in [0.1, 0.15) is 11.1 Å². The zero-order chi connectivity index (χ0) is 20.0. The van der Waals surface area contributed by atoms with Crippen LogP contribution in [-0.2, 0) is 14.4 Å². The lowest BCUT2D eigenvalue weighted by Crippen LogP contribution is -2.39. The monoisotopic (exact) mass is 370 g/mol. The number of non-ortho nitro benzene ring substituents is 1. The summed E-state index contributed by atoms with van der Waals surface area (Å²) in [5.41, 5.74) is 2.59. The van der Waals surface area contributed by atoms with E-state index >= 15 is 0 Å². The van der Waals surface area contributed by atoms with Gasteiger partial charge >= 0.3 is 11.8 Å². The van der Waals surface area contributed by atoms with Crippen molar-refractivity contribution in [1.82, 2.24) is 5.32 Å². The van der Waals surface area contributed by atoms with Gasteiger partial charge in [-0.05, 0) is 49.2 Å². The Morgan fingerprint density at radius 3 is 2.04 bits per heavy atom. The summed E-state index contributed by atoms with van der Waals surface area (Å²) in [5, 5.41) is 17.7. The zero-order valence-electron chi connectivity index (χ0n) is 14.7. The second kappa shape index (κ2) is 8.56. The maximum absolute atomic E-state index is 11.9. The number of rotatable bonds is 5. The number of hydrogen-bond acceptors (Lipinski definition) is 5. The molecule has 0 atom stereocenters. The Hall–Kier alpha value is -3.75. The number of amides is 3. The Kier molecular flexibility index (Phi) is 6.21. The molecule has 27 heavy (non-hydrogen) atoms. The molecule has 0 aromatic heterocycles. The molecule has 2 aromatic rings. The third kappa shape index (κ3) is 5.92. The van der Waals surface area contributed by atoms with E-state index in [1.165, 1.54) is 24.3 Å². The summed E-state index contributed by atoms with van der Waals surface area (Å²) in [6.07, 6.45) is 0. The minimum absolute atomic E-state index is 0.107. The highest BCUT2D eigenvalue weighted by Crippen LogP contribution is 2.15. The fourth-order valence-electron chi connectivity index (χ4n) is 2.35. The highest BCUT2D eigenvalue weighted by molar-refractivity contribution is 6.39. The van der Waals surface area contributed by atoms with Gasteiger partial charge in [0.2, 0.25) is 5.91 Å². The first-order chi connectivity index (χ1) is 12.7. The Balaban J connectivity index is 1.84. The smallest absolute Gasteiger partial charge is 0.313 e. The number of nitro groups is 1. The standard InChI is InChI=1S/C18H18N4O5/c1-11-7-12(2)9-14(8-11)21-18(25)17(24)19-10-16(23)20-13-3-5-15(6-4-13)22(26)27/h3-9H,10H2,1-2H3,(H,19,24)(H,20,23)(H,21,25). The number of aryl methyl sites for hydroxylation is 2. The third-order valence-electron chi connectivity index (χ3n) is 3.46. The molecule has 140 valence electrons. The number of hydrogen-bond donors (Lipinski definition) is 3. The summed E-state index contributed by atoms with van der Waals surface area (Å²) >= 11 is 0. The maximum Gasteiger partial charge on any atom is 0.313 e. The quantitative estimate of drug-likeness (QED) is 0.420. The van der Waals surface area contributed by atoms with Gasteiger partial charge in [0, 0.05) is 23.5 Å². The number of carbonyl (C=O) groups excluding carboxylic acids is 3. The predicted molar refractivity (Wildman–Crippen MR) is 99.3 cm³/mol. The molecule has 0 bridgehead atoms. The number of anilines is 2. The molecule has 2 aromatic carbocycles. The van der Waals surface area contributed by atoms with E-state index in [2.05, 4.69) is 16.0 Å². The highest BCUT2D eigenvalue weighted by atomic mass is 16.6. The Labute approximate surface area is 154 Å². The van der Waals surface area contributed by atoms with Gasteiger partial charge in [0.25, 0.3) is 5.69 Å². The van der Waals surface area contributed by atoms with Gasteiger partial charge < -0.3 is 16.0 Å². The van der Waals surface area contributed by atoms with E-state index in [1.54, 1.807) is 12.1 Å². The number of nitrogens with zero attached hydrogens (tertiary/aromatic N) is 1. The van der Waals surface area contributed by atoms with Gasteiger partial charge in [-0.1, -0.05) is 6.07 Å². The number of benzene rings is 2. The second-order valence-corrected chi connectivity index (χ2v) is 5.87. The topological polar surface area (TPSA) is 130 Å². The fraction of sp³-hybridized carbons (Fsp3) is 0.167. The molecule has 0 radical (unpaired) electrons. The normalized spacial score (nSPS) is 10.0. The largest absolute Gasteiger partial charge is 0.339 e. The van der Waals surface area contributed by atoms with Crippen molar-refractivity contribution in [1.29, 1.82) is 0 Å². The molecule has 0 unspecified atom stereocenters. The maximum atomic E-state index is 11.9. The van der Waals surface area contributed by atoms with Crippen molar-refractivity contribution in [2.75, 3.05) is 17.2 Å². The molecule has 0 spiro atoms. The molecule has 0 aliphatic heterocycles. The molecule has 0 aliphatic carbocycles. The van der Waals surface area contributed by atoms with Crippen molar-refractivity contribution in [2.45, 2.75) is 13.8 Å². The minimum Gasteiger partial charge on any atom is -0.339 e. The average molecular weight is 370 g/mol. The molecular formula is C18H18N4O5. The van der Waals surface area contributed by atoms with Gasteiger partial charge in [0.15, 0.2) is 0 Å². The Bertz CT molecular complexity index is 873. The molecular weight excluding hydrogens is 352 g/mol. The molecule has 3 amide bonds. The molecule has 0 fully saturated rings. The van der Waals surface area contributed by atoms with E-state index in [4.69, 9.17) is 0 Å². The van der Waals surface area contributed by atoms with Crippen molar-refractivity contribution in [2.24, 2.45) is 0 Å². The highest BCUT2D eigenvalue weighted by Gasteiger charge is 2.15. The molecule has 0 saturated heterocycles. The molecule has 2 rings (SSSR count). The summed E-state index contributed by atoms with van der Waals surface area (Å²) in [4.78, 5) is 45.5. The second-order valence-electron chi connectivity index (χ2n) is 5.87. The van der Waals surface area contributed by atoms with Crippen LogP contribution in [0.4, 0.5) is 17.1 Å². The molecule has 0 heterocycles. The van der Waals surface area contributed by atoms with E-state index < -0.39 is 29.2 Å². The van der Waals surface area contributed by atoms with Gasteiger partial charge in [-0.3, -0.25) is 24.5 Å². The number of nitro benzene ring substituents is 1. The van der Waals surface area contributed by atoms with E-state index in [9.17, 15) is 24.5 Å². The van der Waals surface area contributed by atoms with Gasteiger partial charge in [-0.2, -0.15) is 0 Å². The zero-order valence-corrected chi connectivity index (χ0v) is 14.7. The summed E-state index contributed by atoms with van der Waals surface area (Å²) in [7, 11) is 0. The van der Waals surface area contributed by atoms with Crippen LogP contribution in [0.5, 0.6) is 0 Å². The van der Waals surface area contributed by atoms with Crippen molar-refractivity contribution < 1.29 is 19.3 Å². The number of nitrogens with one attached hydrogen (secondary N) is 3. The van der Waals surface area contributed by atoms with Crippen LogP contribution in [0.3, 0.4) is 0 Å². The first kappa shape index (κ1) is 19.6. The molecule has 0 saturated carbocycles. The summed E-state index contributed by atoms with van der Waals surface area (Å²) < 4.78 is 0. The van der Waals surface area contributed by atoms with Crippen molar-refractivity contribution in [3.8, 4) is 0 Å². The summed E-state index contributed by atoms with van der Waals surface area (Å²) in [6.45, 7) is 3.31. The van der Waals surface area contributed by atoms with Gasteiger partial charge in [0.1, 0.15) is 0 Å². The first-order valence-corrected chi connectivity index (χ1v) is 7.96. The van der Waals surface area contributed by atoms with Gasteiger partial charge in [-0.15, -0.1) is 0 Å². The van der Waals surface area contributed by atoms with E-state index in [0.717, 1.165) is 11.1 Å². The van der Waals surface area contributed by atoms with E-state index in [-0.39, 0.29) is 5.69 Å². The van der Waals surface area contributed by atoms with E-state index in [0.29, 0.717) is 11.4 Å². The van der Waals surface area contributed by atoms with Crippen LogP contribution in [0.2, 0.25) is 0 Å². The van der Waals surface area contributed by atoms with Crippen molar-refractivity contribution in [3.63, 3.8) is 0 Å². The lowest BCUT2D eigenvalue weighted by molar-refractivity contribution is -0.384. The summed E-state index contributed by atoms with van der Waals surface area (Å²) in [6, 6.07) is 10.6. The lowest BCUT2D eigenvalue weighted by atomic mass is 10.1. The molecule has 9 nitrogen and oxygen atoms in total. The molecule has 9 heteroatoms. The van der Waals surface area contributed by atoms with Crippen LogP contribution in [-0.4, -0.2) is 29.2 Å². The van der Waals surface area contributed by atoms with E-state index in [1.807, 2.05) is 19.9 Å². The Morgan fingerprint density at radius 1 is 0.889 bits per heavy atom. The lowest BCUT2D eigenvalue weighted by Gasteiger charge is -2.09. The first-order valence-electron chi connectivity index (χ1n) is 7.96. The van der Waals surface area contributed by atoms with Crippen LogP contribution in [0, 0.1) is 24.0 Å². The Morgan fingerprint density at radius 2 is 1.48 bits per heavy atom. The van der Waals surface area contributed by atoms with Crippen LogP contribution in [0.25, 0.3) is 0 Å². The van der Waals surface area contributed by atoms with Gasteiger partial charge in [-0.25, -0.2) is 0 Å².